The largest absolute Gasteiger partial charge is 0.337 e. The van der Waals surface area contributed by atoms with E-state index in [1.807, 2.05) is 0 Å². The topological polar surface area (TPSA) is 32.3 Å². The van der Waals surface area contributed by atoms with E-state index in [1.165, 1.54) is 12.8 Å². The van der Waals surface area contributed by atoms with Crippen LogP contribution >= 0.6 is 0 Å². The number of rotatable bonds is 1. The average Bonchev–Trinajstić information content (AvgIpc) is 2.27. The van der Waals surface area contributed by atoms with Gasteiger partial charge >= 0.3 is 0 Å². The predicted molar refractivity (Wildman–Crippen MR) is 51.4 cm³/mol. The lowest BCUT2D eigenvalue weighted by Gasteiger charge is -2.34. The van der Waals surface area contributed by atoms with Crippen molar-refractivity contribution in [3.8, 4) is 0 Å². The summed E-state index contributed by atoms with van der Waals surface area (Å²) in [5.41, 5.74) is 0. The fraction of sp³-hybridized carbons (Fsp3) is 0.900. The lowest BCUT2D eigenvalue weighted by Crippen LogP contribution is -2.54. The first kappa shape index (κ1) is 9.00. The van der Waals surface area contributed by atoms with Crippen LogP contribution in [0.2, 0.25) is 0 Å². The molecule has 0 aromatic heterocycles. The third kappa shape index (κ3) is 1.46. The molecule has 0 spiro atoms. The number of carbonyl (C=O) groups is 1. The van der Waals surface area contributed by atoms with Crippen LogP contribution in [-0.2, 0) is 4.79 Å². The molecule has 3 nitrogen and oxygen atoms in total. The minimum atomic E-state index is 0.267. The van der Waals surface area contributed by atoms with Crippen molar-refractivity contribution in [3.05, 3.63) is 0 Å². The van der Waals surface area contributed by atoms with E-state index in [-0.39, 0.29) is 5.92 Å². The fourth-order valence-electron chi connectivity index (χ4n) is 2.30. The van der Waals surface area contributed by atoms with E-state index in [4.69, 9.17) is 0 Å². The Morgan fingerprint density at radius 2 is 1.77 bits per heavy atom. The second-order valence-electron chi connectivity index (χ2n) is 4.38. The van der Waals surface area contributed by atoms with Crippen molar-refractivity contribution in [2.75, 3.05) is 13.1 Å². The molecule has 0 aromatic rings. The Hall–Kier alpha value is -0.570. The van der Waals surface area contributed by atoms with Gasteiger partial charge in [0.05, 0.1) is 5.92 Å². The predicted octanol–water partition coefficient (Wildman–Crippen LogP) is 0.605. The molecule has 0 bridgehead atoms. The Morgan fingerprint density at radius 1 is 1.23 bits per heavy atom. The summed E-state index contributed by atoms with van der Waals surface area (Å²) in [7, 11) is 0. The quantitative estimate of drug-likeness (QED) is 0.644. The monoisotopic (exact) mass is 182 g/mol. The van der Waals surface area contributed by atoms with Gasteiger partial charge in [0, 0.05) is 25.2 Å². The van der Waals surface area contributed by atoms with Crippen LogP contribution in [0.5, 0.6) is 0 Å². The number of hydrogen-bond acceptors (Lipinski definition) is 2. The van der Waals surface area contributed by atoms with Gasteiger partial charge in [0.15, 0.2) is 0 Å². The molecule has 13 heavy (non-hydrogen) atoms. The summed E-state index contributed by atoms with van der Waals surface area (Å²) in [6.45, 7) is 6.09. The molecule has 2 saturated heterocycles. The van der Waals surface area contributed by atoms with Gasteiger partial charge in [-0.15, -0.1) is 0 Å². The van der Waals surface area contributed by atoms with E-state index in [0.717, 1.165) is 13.1 Å². The van der Waals surface area contributed by atoms with Crippen LogP contribution in [0.4, 0.5) is 0 Å². The molecule has 2 rings (SSSR count). The number of amides is 1. The molecule has 2 aliphatic heterocycles. The van der Waals surface area contributed by atoms with Gasteiger partial charge in [-0.05, 0) is 26.7 Å². The Balaban J connectivity index is 2.01. The van der Waals surface area contributed by atoms with E-state index >= 15 is 0 Å². The fourth-order valence-corrected chi connectivity index (χ4v) is 2.30. The zero-order valence-corrected chi connectivity index (χ0v) is 8.42. The molecule has 1 amide bonds. The van der Waals surface area contributed by atoms with Crippen LogP contribution in [0.25, 0.3) is 0 Å². The lowest BCUT2D eigenvalue weighted by molar-refractivity contribution is -0.139. The minimum absolute atomic E-state index is 0.267. The highest BCUT2D eigenvalue weighted by molar-refractivity contribution is 5.81. The third-order valence-corrected chi connectivity index (χ3v) is 3.34. The summed E-state index contributed by atoms with van der Waals surface area (Å²) in [4.78, 5) is 14.0. The molecule has 0 aromatic carbocycles. The Bertz CT molecular complexity index is 203. The van der Waals surface area contributed by atoms with E-state index in [0.29, 0.717) is 18.0 Å². The number of hydrogen-bond donors (Lipinski definition) is 1. The van der Waals surface area contributed by atoms with Crippen molar-refractivity contribution in [2.24, 2.45) is 5.92 Å². The lowest BCUT2D eigenvalue weighted by atomic mass is 10.0. The number of nitrogens with one attached hydrogen (secondary N) is 1. The Kier molecular flexibility index (Phi) is 2.28. The van der Waals surface area contributed by atoms with E-state index in [2.05, 4.69) is 24.1 Å². The third-order valence-electron chi connectivity index (χ3n) is 3.34. The molecule has 0 aliphatic carbocycles. The van der Waals surface area contributed by atoms with Crippen LogP contribution in [-0.4, -0.2) is 36.0 Å². The number of nitrogens with zero attached hydrogens (tertiary/aromatic N) is 1. The summed E-state index contributed by atoms with van der Waals surface area (Å²) in [5.74, 6) is 0.638. The molecule has 3 heteroatoms. The highest BCUT2D eigenvalue weighted by atomic mass is 16.2. The van der Waals surface area contributed by atoms with E-state index in [1.54, 1.807) is 0 Å². The zero-order chi connectivity index (χ0) is 9.42. The molecular formula is C10H18N2O. The highest BCUT2D eigenvalue weighted by Gasteiger charge is 2.37. The number of carbonyl (C=O) groups excluding carboxylic acids is 1. The SMILES string of the molecule is CC1CCC(C)N1C(=O)C1CNC1. The standard InChI is InChI=1S/C10H18N2O/c1-7-3-4-8(2)12(7)10(13)9-5-11-6-9/h7-9,11H,3-6H2,1-2H3. The molecule has 0 saturated carbocycles. The second kappa shape index (κ2) is 3.29. The molecular weight excluding hydrogens is 164 g/mol. The van der Waals surface area contributed by atoms with E-state index < -0.39 is 0 Å². The van der Waals surface area contributed by atoms with Crippen LogP contribution < -0.4 is 5.32 Å². The smallest absolute Gasteiger partial charge is 0.228 e. The van der Waals surface area contributed by atoms with Gasteiger partial charge in [-0.1, -0.05) is 0 Å². The first-order valence-corrected chi connectivity index (χ1v) is 5.23. The Labute approximate surface area is 79.5 Å². The van der Waals surface area contributed by atoms with Gasteiger partial charge in [0.2, 0.25) is 5.91 Å². The molecule has 2 atom stereocenters. The maximum Gasteiger partial charge on any atom is 0.228 e. The normalized spacial score (nSPS) is 34.8. The maximum atomic E-state index is 11.9. The van der Waals surface area contributed by atoms with E-state index in [9.17, 15) is 4.79 Å². The van der Waals surface area contributed by atoms with Crippen molar-refractivity contribution in [3.63, 3.8) is 0 Å². The van der Waals surface area contributed by atoms with Crippen LogP contribution in [0.3, 0.4) is 0 Å². The van der Waals surface area contributed by atoms with Crippen molar-refractivity contribution < 1.29 is 4.79 Å². The summed E-state index contributed by atoms with van der Waals surface area (Å²) < 4.78 is 0. The molecule has 1 N–H and O–H groups in total. The summed E-state index contributed by atoms with van der Waals surface area (Å²) in [6.07, 6.45) is 2.35. The van der Waals surface area contributed by atoms with Crippen molar-refractivity contribution in [1.29, 1.82) is 0 Å². The first-order valence-electron chi connectivity index (χ1n) is 5.23. The molecule has 2 unspecified atom stereocenters. The summed E-state index contributed by atoms with van der Waals surface area (Å²) >= 11 is 0. The summed E-state index contributed by atoms with van der Waals surface area (Å²) in [5, 5.41) is 3.15. The van der Waals surface area contributed by atoms with Crippen molar-refractivity contribution >= 4 is 5.91 Å². The highest BCUT2D eigenvalue weighted by Crippen LogP contribution is 2.26. The van der Waals surface area contributed by atoms with Gasteiger partial charge in [-0.3, -0.25) is 4.79 Å². The van der Waals surface area contributed by atoms with Crippen molar-refractivity contribution in [2.45, 2.75) is 38.8 Å². The van der Waals surface area contributed by atoms with Crippen LogP contribution in [0.1, 0.15) is 26.7 Å². The molecule has 0 radical (unpaired) electrons. The van der Waals surface area contributed by atoms with Gasteiger partial charge in [0.1, 0.15) is 0 Å². The van der Waals surface area contributed by atoms with Crippen LogP contribution in [0.15, 0.2) is 0 Å². The molecule has 2 fully saturated rings. The molecule has 2 aliphatic rings. The molecule has 74 valence electrons. The zero-order valence-electron chi connectivity index (χ0n) is 8.42. The molecule has 2 heterocycles. The second-order valence-corrected chi connectivity index (χ2v) is 4.38. The summed E-state index contributed by atoms with van der Waals surface area (Å²) in [6, 6.07) is 0.922. The minimum Gasteiger partial charge on any atom is -0.337 e. The average molecular weight is 182 g/mol. The maximum absolute atomic E-state index is 11.9. The van der Waals surface area contributed by atoms with Gasteiger partial charge < -0.3 is 10.2 Å². The number of likely N-dealkylation sites (tertiary alicyclic amines) is 1. The van der Waals surface area contributed by atoms with Gasteiger partial charge in [-0.25, -0.2) is 0 Å². The van der Waals surface area contributed by atoms with Crippen LogP contribution in [0, 0.1) is 5.92 Å². The van der Waals surface area contributed by atoms with Crippen molar-refractivity contribution in [1.82, 2.24) is 10.2 Å². The first-order chi connectivity index (χ1) is 6.20. The van der Waals surface area contributed by atoms with Gasteiger partial charge in [0.25, 0.3) is 0 Å². The Morgan fingerprint density at radius 3 is 2.15 bits per heavy atom. The van der Waals surface area contributed by atoms with Gasteiger partial charge in [-0.2, -0.15) is 0 Å².